The molecule has 0 saturated carbocycles. The van der Waals surface area contributed by atoms with Crippen LogP contribution in [0.15, 0.2) is 79.1 Å². The summed E-state index contributed by atoms with van der Waals surface area (Å²) in [5.41, 5.74) is 7.67. The molecule has 0 saturated heterocycles. The molecular weight excluding hydrogens is 370 g/mol. The molecule has 2 N–H and O–H groups in total. The first-order valence-electron chi connectivity index (χ1n) is 8.73. The number of fused-ring (bicyclic) bond motifs is 1. The number of carbonyl (C=O) groups is 1. The van der Waals surface area contributed by atoms with Gasteiger partial charge in [0.2, 0.25) is 0 Å². The molecule has 4 rings (SSSR count). The van der Waals surface area contributed by atoms with Crippen LogP contribution in [-0.4, -0.2) is 20.8 Å². The average Bonchev–Trinajstić information content (AvgIpc) is 2.77. The first kappa shape index (κ1) is 18.1. The van der Waals surface area contributed by atoms with Crippen LogP contribution >= 0.6 is 0 Å². The van der Waals surface area contributed by atoms with Crippen LogP contribution < -0.4 is 10.9 Å². The smallest absolute Gasteiger partial charge is 0.292 e. The van der Waals surface area contributed by atoms with Gasteiger partial charge in [-0.25, -0.2) is 4.98 Å². The molecule has 0 aliphatic rings. The van der Waals surface area contributed by atoms with Gasteiger partial charge in [0, 0.05) is 29.4 Å². The second-order valence-electron chi connectivity index (χ2n) is 6.17. The van der Waals surface area contributed by atoms with Gasteiger partial charge in [-0.15, -0.1) is 0 Å². The van der Waals surface area contributed by atoms with Crippen molar-refractivity contribution in [3.05, 3.63) is 94.8 Å². The van der Waals surface area contributed by atoms with E-state index < -0.39 is 10.8 Å². The quantitative estimate of drug-likeness (QED) is 0.397. The van der Waals surface area contributed by atoms with Crippen molar-refractivity contribution in [3.63, 3.8) is 0 Å². The molecule has 0 spiro atoms. The number of pyridine rings is 2. The summed E-state index contributed by atoms with van der Waals surface area (Å²) in [6, 6.07) is 18.7. The highest BCUT2D eigenvalue weighted by molar-refractivity contribution is 6.07. The SMILES string of the molecule is O=C(NNc1ccccc1[N+](=O)[O-])c1cc(-c2cccnc2)nc2ccccc12. The summed E-state index contributed by atoms with van der Waals surface area (Å²) < 4.78 is 0. The number of hydrazine groups is 1. The number of para-hydroxylation sites is 3. The van der Waals surface area contributed by atoms with Crippen LogP contribution in [0.2, 0.25) is 0 Å². The molecule has 0 fully saturated rings. The number of hydrogen-bond acceptors (Lipinski definition) is 6. The molecule has 0 radical (unpaired) electrons. The van der Waals surface area contributed by atoms with Crippen molar-refractivity contribution in [1.82, 2.24) is 15.4 Å². The van der Waals surface area contributed by atoms with Crippen LogP contribution in [0.1, 0.15) is 10.4 Å². The highest BCUT2D eigenvalue weighted by Gasteiger charge is 2.16. The van der Waals surface area contributed by atoms with Crippen molar-refractivity contribution in [2.24, 2.45) is 0 Å². The number of nitrogens with one attached hydrogen (secondary N) is 2. The van der Waals surface area contributed by atoms with Crippen LogP contribution in [0.5, 0.6) is 0 Å². The Morgan fingerprint density at radius 1 is 1.00 bits per heavy atom. The number of rotatable bonds is 5. The van der Waals surface area contributed by atoms with Gasteiger partial charge in [0.15, 0.2) is 0 Å². The topological polar surface area (TPSA) is 110 Å². The fourth-order valence-corrected chi connectivity index (χ4v) is 2.96. The third kappa shape index (κ3) is 3.72. The number of hydrogen-bond donors (Lipinski definition) is 2. The van der Waals surface area contributed by atoms with Crippen molar-refractivity contribution < 1.29 is 9.72 Å². The maximum Gasteiger partial charge on any atom is 0.294 e. The standard InChI is InChI=1S/C21H15N5O3/c27-21(25-24-18-9-3-4-10-20(18)26(28)29)16-12-19(14-6-5-11-22-13-14)23-17-8-2-1-7-15(16)17/h1-13,24H,(H,25,27). The molecule has 0 atom stereocenters. The molecule has 2 aromatic heterocycles. The zero-order valence-electron chi connectivity index (χ0n) is 15.1. The number of nitrogens with zero attached hydrogens (tertiary/aromatic N) is 3. The summed E-state index contributed by atoms with van der Waals surface area (Å²) in [7, 11) is 0. The molecule has 8 nitrogen and oxygen atoms in total. The molecule has 29 heavy (non-hydrogen) atoms. The molecule has 1 amide bonds. The van der Waals surface area contributed by atoms with E-state index in [4.69, 9.17) is 0 Å². The lowest BCUT2D eigenvalue weighted by molar-refractivity contribution is -0.384. The fourth-order valence-electron chi connectivity index (χ4n) is 2.96. The van der Waals surface area contributed by atoms with Gasteiger partial charge in [-0.1, -0.05) is 30.3 Å². The van der Waals surface area contributed by atoms with Crippen LogP contribution in [-0.2, 0) is 0 Å². The van der Waals surface area contributed by atoms with Gasteiger partial charge < -0.3 is 0 Å². The first-order chi connectivity index (χ1) is 14.1. The minimum Gasteiger partial charge on any atom is -0.292 e. The Morgan fingerprint density at radius 3 is 2.59 bits per heavy atom. The highest BCUT2D eigenvalue weighted by atomic mass is 16.6. The Bertz CT molecular complexity index is 1210. The van der Waals surface area contributed by atoms with Gasteiger partial charge in [-0.3, -0.25) is 30.7 Å². The van der Waals surface area contributed by atoms with Gasteiger partial charge in [-0.05, 0) is 30.3 Å². The third-order valence-corrected chi connectivity index (χ3v) is 4.33. The number of nitro groups is 1. The number of carbonyl (C=O) groups excluding carboxylic acids is 1. The zero-order valence-corrected chi connectivity index (χ0v) is 15.1. The van der Waals surface area contributed by atoms with Crippen molar-refractivity contribution >= 4 is 28.2 Å². The lowest BCUT2D eigenvalue weighted by Crippen LogP contribution is -2.30. The zero-order chi connectivity index (χ0) is 20.2. The largest absolute Gasteiger partial charge is 0.294 e. The molecular formula is C21H15N5O3. The predicted octanol–water partition coefficient (Wildman–Crippen LogP) is 3.96. The number of aromatic nitrogens is 2. The van der Waals surface area contributed by atoms with E-state index in [2.05, 4.69) is 20.8 Å². The Labute approximate surface area is 165 Å². The number of benzene rings is 2. The molecule has 0 aliphatic heterocycles. The maximum absolute atomic E-state index is 12.9. The van der Waals surface area contributed by atoms with Crippen LogP contribution in [0.4, 0.5) is 11.4 Å². The molecule has 4 aromatic rings. The summed E-state index contributed by atoms with van der Waals surface area (Å²) in [6.45, 7) is 0. The van der Waals surface area contributed by atoms with E-state index in [0.717, 1.165) is 5.56 Å². The number of amides is 1. The van der Waals surface area contributed by atoms with Crippen LogP contribution in [0, 0.1) is 10.1 Å². The van der Waals surface area contributed by atoms with Gasteiger partial charge in [-0.2, -0.15) is 0 Å². The van der Waals surface area contributed by atoms with E-state index >= 15 is 0 Å². The second kappa shape index (κ2) is 7.73. The normalized spacial score (nSPS) is 10.5. The summed E-state index contributed by atoms with van der Waals surface area (Å²) >= 11 is 0. The summed E-state index contributed by atoms with van der Waals surface area (Å²) in [5.74, 6) is -0.438. The van der Waals surface area contributed by atoms with Crippen molar-refractivity contribution in [2.45, 2.75) is 0 Å². The first-order valence-corrected chi connectivity index (χ1v) is 8.73. The van der Waals surface area contributed by atoms with Crippen molar-refractivity contribution in [2.75, 3.05) is 5.43 Å². The van der Waals surface area contributed by atoms with Gasteiger partial charge >= 0.3 is 0 Å². The second-order valence-corrected chi connectivity index (χ2v) is 6.17. The Kier molecular flexibility index (Phi) is 4.81. The van der Waals surface area contributed by atoms with Crippen molar-refractivity contribution in [1.29, 1.82) is 0 Å². The summed E-state index contributed by atoms with van der Waals surface area (Å²) in [5, 5.41) is 11.8. The molecule has 0 bridgehead atoms. The van der Waals surface area contributed by atoms with Crippen LogP contribution in [0.3, 0.4) is 0 Å². The average molecular weight is 385 g/mol. The lowest BCUT2D eigenvalue weighted by atomic mass is 10.0. The Balaban J connectivity index is 1.70. The predicted molar refractivity (Wildman–Crippen MR) is 109 cm³/mol. The maximum atomic E-state index is 12.9. The van der Waals surface area contributed by atoms with E-state index in [0.29, 0.717) is 22.2 Å². The van der Waals surface area contributed by atoms with Crippen LogP contribution in [0.25, 0.3) is 22.2 Å². The highest BCUT2D eigenvalue weighted by Crippen LogP contribution is 2.25. The number of nitro benzene ring substituents is 1. The molecule has 0 unspecified atom stereocenters. The molecule has 142 valence electrons. The molecule has 0 aliphatic carbocycles. The number of anilines is 1. The van der Waals surface area contributed by atoms with E-state index in [1.54, 1.807) is 42.7 Å². The minimum absolute atomic E-state index is 0.136. The minimum atomic E-state index is -0.517. The van der Waals surface area contributed by atoms with E-state index in [-0.39, 0.29) is 11.4 Å². The Hall–Kier alpha value is -4.33. The molecule has 8 heteroatoms. The fraction of sp³-hybridized carbons (Fsp3) is 0. The third-order valence-electron chi connectivity index (χ3n) is 4.33. The van der Waals surface area contributed by atoms with E-state index in [1.807, 2.05) is 24.3 Å². The summed E-state index contributed by atoms with van der Waals surface area (Å²) in [4.78, 5) is 32.3. The van der Waals surface area contributed by atoms with Gasteiger partial charge in [0.05, 0.1) is 21.7 Å². The monoisotopic (exact) mass is 385 g/mol. The van der Waals surface area contributed by atoms with E-state index in [1.165, 1.54) is 12.1 Å². The molecule has 2 heterocycles. The Morgan fingerprint density at radius 2 is 1.79 bits per heavy atom. The summed E-state index contributed by atoms with van der Waals surface area (Å²) in [6.07, 6.45) is 3.33. The lowest BCUT2D eigenvalue weighted by Gasteiger charge is -2.12. The van der Waals surface area contributed by atoms with Gasteiger partial charge in [0.25, 0.3) is 11.6 Å². The van der Waals surface area contributed by atoms with Crippen molar-refractivity contribution in [3.8, 4) is 11.3 Å². The van der Waals surface area contributed by atoms with E-state index in [9.17, 15) is 14.9 Å². The molecule has 2 aromatic carbocycles. The van der Waals surface area contributed by atoms with Gasteiger partial charge in [0.1, 0.15) is 5.69 Å².